The van der Waals surface area contributed by atoms with E-state index in [2.05, 4.69) is 20.6 Å². The average molecular weight is 397 g/mol. The van der Waals surface area contributed by atoms with Crippen molar-refractivity contribution in [3.05, 3.63) is 42.0 Å². The van der Waals surface area contributed by atoms with Crippen molar-refractivity contribution in [3.63, 3.8) is 0 Å². The van der Waals surface area contributed by atoms with E-state index in [9.17, 15) is 9.18 Å². The first-order valence-corrected chi connectivity index (χ1v) is 9.63. The molecule has 2 unspecified atom stereocenters. The molecule has 1 amide bonds. The van der Waals surface area contributed by atoms with E-state index in [0.29, 0.717) is 5.69 Å². The van der Waals surface area contributed by atoms with Gasteiger partial charge in [-0.1, -0.05) is 12.8 Å². The summed E-state index contributed by atoms with van der Waals surface area (Å²) < 4.78 is 16.5. The molecule has 0 aromatic carbocycles. The Balaban J connectivity index is 1.71. The summed E-state index contributed by atoms with van der Waals surface area (Å²) in [7, 11) is 1.89. The molecule has 0 radical (unpaired) electrons. The molecule has 0 aliphatic heterocycles. The number of nitrogens with one attached hydrogen (secondary N) is 2. The number of carbonyl (C=O) groups excluding carboxylic acids is 1. The molecule has 1 saturated carbocycles. The van der Waals surface area contributed by atoms with Gasteiger partial charge < -0.3 is 26.7 Å². The van der Waals surface area contributed by atoms with E-state index in [1.165, 1.54) is 0 Å². The van der Waals surface area contributed by atoms with Crippen LogP contribution in [-0.2, 0) is 7.05 Å². The Morgan fingerprint density at radius 1 is 1.28 bits per heavy atom. The number of hydrogen-bond acceptors (Lipinski definition) is 6. The highest BCUT2D eigenvalue weighted by Gasteiger charge is 2.24. The summed E-state index contributed by atoms with van der Waals surface area (Å²) in [6, 6.07) is 4.64. The van der Waals surface area contributed by atoms with Crippen molar-refractivity contribution >= 4 is 34.3 Å². The lowest BCUT2D eigenvalue weighted by Crippen LogP contribution is -2.43. The van der Waals surface area contributed by atoms with Crippen LogP contribution in [0.15, 0.2) is 30.6 Å². The Kier molecular flexibility index (Phi) is 5.06. The number of fused-ring (bicyclic) bond motifs is 1. The lowest BCUT2D eigenvalue weighted by Gasteiger charge is -2.30. The number of nitrogens with two attached hydrogens (primary N) is 2. The smallest absolute Gasteiger partial charge is 0.252 e. The minimum Gasteiger partial charge on any atom is -0.365 e. The molecular weight excluding hydrogens is 373 g/mol. The Morgan fingerprint density at radius 2 is 2.07 bits per heavy atom. The molecule has 8 nitrogen and oxygen atoms in total. The normalized spacial score (nSPS) is 19.3. The number of anilines is 3. The van der Waals surface area contributed by atoms with Gasteiger partial charge in [0.2, 0.25) is 0 Å². The van der Waals surface area contributed by atoms with Crippen LogP contribution >= 0.6 is 0 Å². The van der Waals surface area contributed by atoms with Crippen molar-refractivity contribution in [2.75, 3.05) is 10.6 Å². The fourth-order valence-corrected chi connectivity index (χ4v) is 3.79. The third kappa shape index (κ3) is 3.73. The summed E-state index contributed by atoms with van der Waals surface area (Å²) in [5.41, 5.74) is 13.1. The van der Waals surface area contributed by atoms with Crippen LogP contribution in [0.3, 0.4) is 0 Å². The van der Waals surface area contributed by atoms with Crippen LogP contribution in [0, 0.1) is 5.82 Å². The van der Waals surface area contributed by atoms with Crippen molar-refractivity contribution in [3.8, 4) is 0 Å². The van der Waals surface area contributed by atoms with E-state index in [0.717, 1.165) is 42.8 Å². The van der Waals surface area contributed by atoms with Crippen molar-refractivity contribution in [2.45, 2.75) is 37.8 Å². The standard InChI is InChI=1S/C20H24FN7O/c1-28-9-7-11-15(6-8-24-20(11)28)25-18-12(17(23)29)10-13(21)19(27-18)26-16-5-3-2-4-14(16)22/h6-10,14,16H,2-5,22H2,1H3,(H2,23,29)(H2,24,25,26,27). The number of rotatable bonds is 5. The van der Waals surface area contributed by atoms with Gasteiger partial charge in [0.05, 0.1) is 11.3 Å². The first kappa shape index (κ1) is 19.1. The molecule has 1 aliphatic carbocycles. The van der Waals surface area contributed by atoms with E-state index < -0.39 is 11.7 Å². The van der Waals surface area contributed by atoms with E-state index in [1.807, 2.05) is 23.9 Å². The SMILES string of the molecule is Cn1ccc2c(Nc3nc(NC4CCCCC4N)c(F)cc3C(N)=O)ccnc21. The van der Waals surface area contributed by atoms with E-state index in [1.54, 1.807) is 12.3 Å². The summed E-state index contributed by atoms with van der Waals surface area (Å²) >= 11 is 0. The lowest BCUT2D eigenvalue weighted by atomic mass is 9.91. The van der Waals surface area contributed by atoms with Crippen molar-refractivity contribution in [1.82, 2.24) is 14.5 Å². The van der Waals surface area contributed by atoms with Gasteiger partial charge in [0.25, 0.3) is 5.91 Å². The lowest BCUT2D eigenvalue weighted by molar-refractivity contribution is 0.100. The van der Waals surface area contributed by atoms with E-state index in [-0.39, 0.29) is 29.3 Å². The molecule has 152 valence electrons. The Morgan fingerprint density at radius 3 is 2.83 bits per heavy atom. The third-order valence-electron chi connectivity index (χ3n) is 5.40. The fourth-order valence-electron chi connectivity index (χ4n) is 3.79. The summed E-state index contributed by atoms with van der Waals surface area (Å²) in [6.45, 7) is 0. The van der Waals surface area contributed by atoms with Gasteiger partial charge in [-0.15, -0.1) is 0 Å². The second-order valence-corrected chi connectivity index (χ2v) is 7.43. The number of carbonyl (C=O) groups is 1. The number of halogens is 1. The zero-order chi connectivity index (χ0) is 20.5. The van der Waals surface area contributed by atoms with Crippen LogP contribution in [-0.4, -0.2) is 32.5 Å². The van der Waals surface area contributed by atoms with Gasteiger partial charge in [-0.2, -0.15) is 0 Å². The van der Waals surface area contributed by atoms with E-state index in [4.69, 9.17) is 11.5 Å². The van der Waals surface area contributed by atoms with Crippen molar-refractivity contribution < 1.29 is 9.18 Å². The highest BCUT2D eigenvalue weighted by atomic mass is 19.1. The molecule has 3 aromatic rings. The number of amides is 1. The molecule has 3 heterocycles. The molecule has 1 fully saturated rings. The van der Waals surface area contributed by atoms with Crippen LogP contribution in [0.5, 0.6) is 0 Å². The van der Waals surface area contributed by atoms with Crippen molar-refractivity contribution in [2.24, 2.45) is 18.5 Å². The molecular formula is C20H24FN7O. The van der Waals surface area contributed by atoms with Gasteiger partial charge in [-0.3, -0.25) is 4.79 Å². The van der Waals surface area contributed by atoms with Crippen LogP contribution in [0.2, 0.25) is 0 Å². The minimum atomic E-state index is -0.766. The van der Waals surface area contributed by atoms with Gasteiger partial charge in [-0.05, 0) is 31.0 Å². The topological polar surface area (TPSA) is 124 Å². The molecule has 6 N–H and O–H groups in total. The predicted octanol–water partition coefficient (Wildman–Crippen LogP) is 2.63. The minimum absolute atomic E-state index is 0.0260. The molecule has 0 spiro atoms. The number of primary amides is 1. The monoisotopic (exact) mass is 397 g/mol. The first-order chi connectivity index (χ1) is 13.9. The average Bonchev–Trinajstić information content (AvgIpc) is 3.08. The Bertz CT molecular complexity index is 1060. The van der Waals surface area contributed by atoms with Crippen LogP contribution in [0.4, 0.5) is 21.7 Å². The quantitative estimate of drug-likeness (QED) is 0.525. The molecule has 29 heavy (non-hydrogen) atoms. The maximum Gasteiger partial charge on any atom is 0.252 e. The highest BCUT2D eigenvalue weighted by Crippen LogP contribution is 2.29. The largest absolute Gasteiger partial charge is 0.365 e. The third-order valence-corrected chi connectivity index (χ3v) is 5.40. The zero-order valence-electron chi connectivity index (χ0n) is 16.2. The van der Waals surface area contributed by atoms with E-state index >= 15 is 0 Å². The first-order valence-electron chi connectivity index (χ1n) is 9.63. The summed E-state index contributed by atoms with van der Waals surface area (Å²) in [4.78, 5) is 20.6. The molecule has 1 aliphatic rings. The summed E-state index contributed by atoms with van der Waals surface area (Å²) in [5, 5.41) is 7.08. The van der Waals surface area contributed by atoms with Gasteiger partial charge in [0.15, 0.2) is 11.6 Å². The maximum absolute atomic E-state index is 14.7. The number of aromatic nitrogens is 3. The van der Waals surface area contributed by atoms with Crippen LogP contribution in [0.1, 0.15) is 36.0 Å². The summed E-state index contributed by atoms with van der Waals surface area (Å²) in [5.74, 6) is -1.17. The highest BCUT2D eigenvalue weighted by molar-refractivity contribution is 6.00. The second-order valence-electron chi connectivity index (χ2n) is 7.43. The zero-order valence-corrected chi connectivity index (χ0v) is 16.2. The number of aryl methyl sites for hydroxylation is 1. The Hall–Kier alpha value is -3.20. The molecule has 4 rings (SSSR count). The van der Waals surface area contributed by atoms with Crippen molar-refractivity contribution in [1.29, 1.82) is 0 Å². The van der Waals surface area contributed by atoms with Gasteiger partial charge >= 0.3 is 0 Å². The maximum atomic E-state index is 14.7. The molecule has 9 heteroatoms. The van der Waals surface area contributed by atoms with Gasteiger partial charge in [-0.25, -0.2) is 14.4 Å². The molecule has 0 saturated heterocycles. The predicted molar refractivity (Wildman–Crippen MR) is 111 cm³/mol. The Labute approximate surface area is 167 Å². The molecule has 2 atom stereocenters. The number of hydrogen-bond donors (Lipinski definition) is 4. The number of nitrogens with zero attached hydrogens (tertiary/aromatic N) is 3. The second kappa shape index (κ2) is 7.67. The fraction of sp³-hybridized carbons (Fsp3) is 0.350. The van der Waals surface area contributed by atoms with Gasteiger partial charge in [0, 0.05) is 36.9 Å². The molecule has 0 bridgehead atoms. The van der Waals surface area contributed by atoms with Crippen LogP contribution < -0.4 is 22.1 Å². The number of pyridine rings is 2. The van der Waals surface area contributed by atoms with Gasteiger partial charge in [0.1, 0.15) is 11.5 Å². The molecule has 3 aromatic heterocycles. The summed E-state index contributed by atoms with van der Waals surface area (Å²) in [6.07, 6.45) is 7.36. The van der Waals surface area contributed by atoms with Crippen LogP contribution in [0.25, 0.3) is 11.0 Å².